The minimum absolute atomic E-state index is 0.0409. The topological polar surface area (TPSA) is 122 Å². The SMILES string of the molecule is O=C(CCCN1C(=O)C(=CC=Cc2ccccc2)SC1=S)NNC(=O)c1cccc([N+](=O)[O-])c1. The van der Waals surface area contributed by atoms with Gasteiger partial charge in [0.05, 0.1) is 9.83 Å². The number of carbonyl (C=O) groups excluding carboxylic acids is 3. The van der Waals surface area contributed by atoms with Crippen molar-refractivity contribution in [3.8, 4) is 0 Å². The number of nitro benzene ring substituents is 1. The largest absolute Gasteiger partial charge is 0.293 e. The van der Waals surface area contributed by atoms with Crippen LogP contribution in [0, 0.1) is 10.1 Å². The van der Waals surface area contributed by atoms with E-state index in [1.165, 1.54) is 34.9 Å². The van der Waals surface area contributed by atoms with E-state index in [9.17, 15) is 24.5 Å². The fraction of sp³-hybridized carbons (Fsp3) is 0.130. The van der Waals surface area contributed by atoms with E-state index in [1.54, 1.807) is 12.2 Å². The normalized spacial score (nSPS) is 14.6. The Morgan fingerprint density at radius 2 is 1.88 bits per heavy atom. The molecule has 2 N–H and O–H groups in total. The number of hydrogen-bond donors (Lipinski definition) is 2. The predicted octanol–water partition coefficient (Wildman–Crippen LogP) is 3.59. The summed E-state index contributed by atoms with van der Waals surface area (Å²) >= 11 is 6.49. The number of nitrogens with zero attached hydrogens (tertiary/aromatic N) is 2. The Morgan fingerprint density at radius 3 is 2.62 bits per heavy atom. The van der Waals surface area contributed by atoms with Gasteiger partial charge in [0.15, 0.2) is 0 Å². The summed E-state index contributed by atoms with van der Waals surface area (Å²) in [6.45, 7) is 0.261. The number of hydrogen-bond acceptors (Lipinski definition) is 7. The Labute approximate surface area is 205 Å². The average molecular weight is 497 g/mol. The lowest BCUT2D eigenvalue weighted by atomic mass is 10.2. The molecular weight excluding hydrogens is 476 g/mol. The molecule has 2 aromatic carbocycles. The number of nitro groups is 1. The van der Waals surface area contributed by atoms with E-state index in [0.717, 1.165) is 11.6 Å². The van der Waals surface area contributed by atoms with Gasteiger partial charge in [0.2, 0.25) is 5.91 Å². The molecule has 11 heteroatoms. The molecule has 34 heavy (non-hydrogen) atoms. The highest BCUT2D eigenvalue weighted by Crippen LogP contribution is 2.31. The molecule has 1 aliphatic heterocycles. The second-order valence-electron chi connectivity index (χ2n) is 7.04. The van der Waals surface area contributed by atoms with Gasteiger partial charge in [0.25, 0.3) is 17.5 Å². The highest BCUT2D eigenvalue weighted by molar-refractivity contribution is 8.26. The van der Waals surface area contributed by atoms with Gasteiger partial charge in [-0.2, -0.15) is 0 Å². The lowest BCUT2D eigenvalue weighted by Gasteiger charge is -2.14. The molecule has 1 fully saturated rings. The van der Waals surface area contributed by atoms with Crippen LogP contribution in [-0.2, 0) is 9.59 Å². The summed E-state index contributed by atoms with van der Waals surface area (Å²) in [6.07, 6.45) is 5.76. The molecule has 3 rings (SSSR count). The molecule has 0 bridgehead atoms. The van der Waals surface area contributed by atoms with Crippen LogP contribution in [0.1, 0.15) is 28.8 Å². The van der Waals surface area contributed by atoms with E-state index in [0.29, 0.717) is 15.6 Å². The van der Waals surface area contributed by atoms with E-state index < -0.39 is 16.7 Å². The average Bonchev–Trinajstić information content (AvgIpc) is 3.10. The Hall–Kier alpha value is -3.83. The van der Waals surface area contributed by atoms with Gasteiger partial charge >= 0.3 is 0 Å². The third-order valence-corrected chi connectivity index (χ3v) is 6.03. The summed E-state index contributed by atoms with van der Waals surface area (Å²) in [6, 6.07) is 14.8. The van der Waals surface area contributed by atoms with Gasteiger partial charge in [-0.1, -0.05) is 72.5 Å². The highest BCUT2D eigenvalue weighted by Gasteiger charge is 2.31. The van der Waals surface area contributed by atoms with Crippen molar-refractivity contribution in [2.45, 2.75) is 12.8 Å². The van der Waals surface area contributed by atoms with Gasteiger partial charge in [-0.05, 0) is 24.1 Å². The molecule has 0 radical (unpaired) electrons. The molecule has 0 saturated carbocycles. The van der Waals surface area contributed by atoms with E-state index in [4.69, 9.17) is 12.2 Å². The Balaban J connectivity index is 1.43. The van der Waals surface area contributed by atoms with Crippen LogP contribution in [0.3, 0.4) is 0 Å². The number of non-ortho nitro benzene ring substituents is 1. The first-order chi connectivity index (χ1) is 16.3. The maximum absolute atomic E-state index is 12.6. The third-order valence-electron chi connectivity index (χ3n) is 4.63. The molecule has 0 spiro atoms. The highest BCUT2D eigenvalue weighted by atomic mass is 32.2. The van der Waals surface area contributed by atoms with Crippen LogP contribution in [0.15, 0.2) is 71.7 Å². The number of thioether (sulfide) groups is 1. The van der Waals surface area contributed by atoms with Gasteiger partial charge in [-0.3, -0.25) is 40.2 Å². The van der Waals surface area contributed by atoms with Gasteiger partial charge < -0.3 is 0 Å². The van der Waals surface area contributed by atoms with E-state index in [-0.39, 0.29) is 30.1 Å². The second-order valence-corrected chi connectivity index (χ2v) is 8.71. The smallest absolute Gasteiger partial charge is 0.270 e. The van der Waals surface area contributed by atoms with Crippen LogP contribution in [0.5, 0.6) is 0 Å². The minimum atomic E-state index is -0.678. The lowest BCUT2D eigenvalue weighted by molar-refractivity contribution is -0.384. The van der Waals surface area contributed by atoms with Crippen LogP contribution in [0.2, 0.25) is 0 Å². The van der Waals surface area contributed by atoms with Crippen molar-refractivity contribution in [2.75, 3.05) is 6.54 Å². The van der Waals surface area contributed by atoms with Crippen molar-refractivity contribution in [1.29, 1.82) is 0 Å². The minimum Gasteiger partial charge on any atom is -0.293 e. The number of carbonyl (C=O) groups is 3. The number of benzene rings is 2. The fourth-order valence-electron chi connectivity index (χ4n) is 2.94. The molecule has 1 saturated heterocycles. The zero-order valence-electron chi connectivity index (χ0n) is 17.8. The zero-order chi connectivity index (χ0) is 24.5. The summed E-state index contributed by atoms with van der Waals surface area (Å²) in [5, 5.41) is 10.8. The Morgan fingerprint density at radius 1 is 1.12 bits per heavy atom. The first-order valence-corrected chi connectivity index (χ1v) is 11.4. The van der Waals surface area contributed by atoms with Gasteiger partial charge in [0.1, 0.15) is 4.32 Å². The first kappa shape index (κ1) is 24.8. The number of amides is 3. The van der Waals surface area contributed by atoms with E-state index >= 15 is 0 Å². The van der Waals surface area contributed by atoms with Crippen molar-refractivity contribution in [1.82, 2.24) is 15.8 Å². The maximum atomic E-state index is 12.6. The standard InChI is InChI=1S/C23H20N4O5S2/c28-20(24-25-21(29)17-10-5-11-18(15-17)27(31)32)13-6-14-26-22(30)19(34-23(26)33)12-4-9-16-7-2-1-3-8-16/h1-5,7-12,15H,6,13-14H2,(H,24,28)(H,25,29). The molecule has 2 aromatic rings. The molecule has 9 nitrogen and oxygen atoms in total. The molecule has 1 heterocycles. The van der Waals surface area contributed by atoms with Crippen LogP contribution in [0.4, 0.5) is 5.69 Å². The fourth-order valence-corrected chi connectivity index (χ4v) is 4.20. The number of nitrogens with one attached hydrogen (secondary N) is 2. The van der Waals surface area contributed by atoms with Crippen molar-refractivity contribution >= 4 is 57.8 Å². The first-order valence-electron chi connectivity index (χ1n) is 10.2. The maximum Gasteiger partial charge on any atom is 0.270 e. The third kappa shape index (κ3) is 6.83. The Bertz CT molecular complexity index is 1180. The molecule has 0 aliphatic carbocycles. The summed E-state index contributed by atoms with van der Waals surface area (Å²) in [4.78, 5) is 48.8. The second kappa shape index (κ2) is 11.9. The molecule has 0 atom stereocenters. The van der Waals surface area contributed by atoms with Crippen LogP contribution >= 0.6 is 24.0 Å². The Kier molecular flexibility index (Phi) is 8.66. The molecule has 0 unspecified atom stereocenters. The van der Waals surface area contributed by atoms with Crippen molar-refractivity contribution in [2.24, 2.45) is 0 Å². The monoisotopic (exact) mass is 496 g/mol. The number of allylic oxidation sites excluding steroid dienone is 2. The van der Waals surface area contributed by atoms with Gasteiger partial charge in [-0.25, -0.2) is 0 Å². The zero-order valence-corrected chi connectivity index (χ0v) is 19.4. The summed E-state index contributed by atoms with van der Waals surface area (Å²) < 4.78 is 0.420. The summed E-state index contributed by atoms with van der Waals surface area (Å²) in [7, 11) is 0. The van der Waals surface area contributed by atoms with Gasteiger partial charge in [0, 0.05) is 30.7 Å². The van der Waals surface area contributed by atoms with Crippen molar-refractivity contribution < 1.29 is 19.3 Å². The number of thiocarbonyl (C=S) groups is 1. The van der Waals surface area contributed by atoms with Crippen molar-refractivity contribution in [3.05, 3.63) is 92.9 Å². The molecule has 3 amide bonds. The lowest BCUT2D eigenvalue weighted by Crippen LogP contribution is -2.41. The van der Waals surface area contributed by atoms with E-state index in [1.807, 2.05) is 36.4 Å². The quantitative estimate of drug-likeness (QED) is 0.248. The number of hydrazine groups is 1. The molecule has 0 aromatic heterocycles. The predicted molar refractivity (Wildman–Crippen MR) is 133 cm³/mol. The van der Waals surface area contributed by atoms with Crippen LogP contribution < -0.4 is 10.9 Å². The summed E-state index contributed by atoms with van der Waals surface area (Å²) in [5.41, 5.74) is 5.30. The van der Waals surface area contributed by atoms with Crippen molar-refractivity contribution in [3.63, 3.8) is 0 Å². The number of rotatable bonds is 8. The van der Waals surface area contributed by atoms with Crippen LogP contribution in [-0.4, -0.2) is 38.4 Å². The van der Waals surface area contributed by atoms with Crippen LogP contribution in [0.25, 0.3) is 6.08 Å². The van der Waals surface area contributed by atoms with E-state index in [2.05, 4.69) is 10.9 Å². The molecular formula is C23H20N4O5S2. The summed E-state index contributed by atoms with van der Waals surface area (Å²) in [5.74, 6) is -1.36. The molecule has 1 aliphatic rings. The van der Waals surface area contributed by atoms with Gasteiger partial charge in [-0.15, -0.1) is 0 Å². The molecule has 174 valence electrons.